The molecule has 2 aliphatic heterocycles. The summed E-state index contributed by atoms with van der Waals surface area (Å²) in [6, 6.07) is 3.87. The maximum atomic E-state index is 13.3. The van der Waals surface area contributed by atoms with Gasteiger partial charge in [-0.25, -0.2) is 21.5 Å². The van der Waals surface area contributed by atoms with Crippen LogP contribution in [0.2, 0.25) is 0 Å². The smallest absolute Gasteiger partial charge is 0.219 e. The van der Waals surface area contributed by atoms with Gasteiger partial charge < -0.3 is 4.74 Å². The fraction of sp³-hybridized carbons (Fsp3) is 0.625. The highest BCUT2D eigenvalue weighted by molar-refractivity contribution is 7.89. The van der Waals surface area contributed by atoms with E-state index in [0.29, 0.717) is 38.1 Å². The minimum Gasteiger partial charge on any atom is -0.377 e. The average Bonchev–Trinajstić information content (AvgIpc) is 3.12. The van der Waals surface area contributed by atoms with E-state index in [-0.39, 0.29) is 12.0 Å². The van der Waals surface area contributed by atoms with Gasteiger partial charge in [0.2, 0.25) is 10.0 Å². The second-order valence-corrected chi connectivity index (χ2v) is 8.57. The highest BCUT2D eigenvalue weighted by Crippen LogP contribution is 2.29. The fourth-order valence-electron chi connectivity index (χ4n) is 3.49. The fourth-order valence-corrected chi connectivity index (χ4v) is 5.61. The molecular formula is C16H21F2NO3S. The monoisotopic (exact) mass is 345 g/mol. The molecule has 0 bridgehead atoms. The van der Waals surface area contributed by atoms with Gasteiger partial charge in [0.1, 0.15) is 5.25 Å². The molecule has 0 spiro atoms. The van der Waals surface area contributed by atoms with Crippen LogP contribution in [0.15, 0.2) is 18.2 Å². The molecule has 3 atom stereocenters. The van der Waals surface area contributed by atoms with E-state index >= 15 is 0 Å². The molecular weight excluding hydrogens is 324 g/mol. The van der Waals surface area contributed by atoms with Gasteiger partial charge in [-0.15, -0.1) is 0 Å². The molecule has 23 heavy (non-hydrogen) atoms. The Morgan fingerprint density at radius 3 is 2.70 bits per heavy atom. The molecule has 0 radical (unpaired) electrons. The van der Waals surface area contributed by atoms with Crippen molar-refractivity contribution in [3.8, 4) is 0 Å². The molecule has 4 nitrogen and oxygen atoms in total. The van der Waals surface area contributed by atoms with Crippen molar-refractivity contribution in [3.05, 3.63) is 35.4 Å². The zero-order chi connectivity index (χ0) is 16.6. The lowest BCUT2D eigenvalue weighted by molar-refractivity contribution is 0.125. The van der Waals surface area contributed by atoms with E-state index in [0.717, 1.165) is 12.5 Å². The van der Waals surface area contributed by atoms with Gasteiger partial charge in [-0.1, -0.05) is 6.07 Å². The van der Waals surface area contributed by atoms with Gasteiger partial charge in [-0.2, -0.15) is 0 Å². The predicted molar refractivity (Wildman–Crippen MR) is 82.5 cm³/mol. The third-order valence-electron chi connectivity index (χ3n) is 4.81. The van der Waals surface area contributed by atoms with Crippen molar-refractivity contribution in [3.63, 3.8) is 0 Å². The zero-order valence-corrected chi connectivity index (χ0v) is 13.9. The van der Waals surface area contributed by atoms with Crippen molar-refractivity contribution < 1.29 is 21.9 Å². The maximum Gasteiger partial charge on any atom is 0.219 e. The van der Waals surface area contributed by atoms with E-state index in [4.69, 9.17) is 4.74 Å². The lowest BCUT2D eigenvalue weighted by Gasteiger charge is -2.23. The van der Waals surface area contributed by atoms with Gasteiger partial charge in [0.05, 0.1) is 6.10 Å². The first kappa shape index (κ1) is 16.8. The summed E-state index contributed by atoms with van der Waals surface area (Å²) in [6.45, 7) is 3.20. The van der Waals surface area contributed by atoms with Crippen LogP contribution in [0.3, 0.4) is 0 Å². The number of halogens is 2. The summed E-state index contributed by atoms with van der Waals surface area (Å²) in [5.74, 6) is -1.59. The van der Waals surface area contributed by atoms with Crippen LogP contribution in [0.1, 0.15) is 25.3 Å². The molecule has 2 saturated heterocycles. The summed E-state index contributed by atoms with van der Waals surface area (Å²) in [5.41, 5.74) is 0.700. The molecule has 0 amide bonds. The Morgan fingerprint density at radius 2 is 2.04 bits per heavy atom. The number of nitrogens with zero attached hydrogens (tertiary/aromatic N) is 1. The standard InChI is InChI=1S/C16H21F2NO3S/c1-11-16(5-7-22-11)23(20,21)19-6-4-13(10-19)8-12-2-3-14(17)15(18)9-12/h2-3,9,11,13,16H,4-8,10H2,1H3. The number of hydrogen-bond acceptors (Lipinski definition) is 3. The summed E-state index contributed by atoms with van der Waals surface area (Å²) < 4.78 is 58.5. The van der Waals surface area contributed by atoms with Crippen molar-refractivity contribution >= 4 is 10.0 Å². The first-order valence-electron chi connectivity index (χ1n) is 7.92. The van der Waals surface area contributed by atoms with Gasteiger partial charge >= 0.3 is 0 Å². The molecule has 3 unspecified atom stereocenters. The third-order valence-corrected chi connectivity index (χ3v) is 7.24. The van der Waals surface area contributed by atoms with Crippen LogP contribution in [-0.2, 0) is 21.2 Å². The summed E-state index contributed by atoms with van der Waals surface area (Å²) in [7, 11) is -3.35. The molecule has 0 aliphatic carbocycles. The molecule has 1 aromatic rings. The molecule has 128 valence electrons. The van der Waals surface area contributed by atoms with Crippen molar-refractivity contribution in [2.24, 2.45) is 5.92 Å². The Kier molecular flexibility index (Phi) is 4.71. The van der Waals surface area contributed by atoms with Crippen LogP contribution in [0.4, 0.5) is 8.78 Å². The van der Waals surface area contributed by atoms with Crippen LogP contribution in [0.25, 0.3) is 0 Å². The molecule has 7 heteroatoms. The topological polar surface area (TPSA) is 46.6 Å². The third kappa shape index (κ3) is 3.41. The Morgan fingerprint density at radius 1 is 1.26 bits per heavy atom. The first-order chi connectivity index (χ1) is 10.9. The first-order valence-corrected chi connectivity index (χ1v) is 9.42. The molecule has 3 rings (SSSR count). The number of ether oxygens (including phenoxy) is 1. The molecule has 0 N–H and O–H groups in total. The summed E-state index contributed by atoms with van der Waals surface area (Å²) >= 11 is 0. The van der Waals surface area contributed by atoms with E-state index in [1.54, 1.807) is 13.0 Å². The number of benzene rings is 1. The second kappa shape index (κ2) is 6.45. The Hall–Kier alpha value is -1.05. The Labute approximate surface area is 135 Å². The van der Waals surface area contributed by atoms with Crippen molar-refractivity contribution in [1.82, 2.24) is 4.31 Å². The predicted octanol–water partition coefficient (Wildman–Crippen LogP) is 2.34. The van der Waals surface area contributed by atoms with E-state index in [1.165, 1.54) is 10.4 Å². The lowest BCUT2D eigenvalue weighted by Crippen LogP contribution is -2.40. The lowest BCUT2D eigenvalue weighted by atomic mass is 9.99. The van der Waals surface area contributed by atoms with E-state index < -0.39 is 26.9 Å². The molecule has 2 heterocycles. The Balaban J connectivity index is 1.65. The number of sulfonamides is 1. The van der Waals surface area contributed by atoms with Crippen LogP contribution >= 0.6 is 0 Å². The summed E-state index contributed by atoms with van der Waals surface area (Å²) in [6.07, 6.45) is 1.55. The van der Waals surface area contributed by atoms with Crippen molar-refractivity contribution in [2.75, 3.05) is 19.7 Å². The molecule has 2 fully saturated rings. The van der Waals surface area contributed by atoms with Gasteiger partial charge in [-0.3, -0.25) is 0 Å². The Bertz CT molecular complexity index is 680. The average molecular weight is 345 g/mol. The van der Waals surface area contributed by atoms with Crippen LogP contribution < -0.4 is 0 Å². The van der Waals surface area contributed by atoms with Gasteiger partial charge in [0.25, 0.3) is 0 Å². The largest absolute Gasteiger partial charge is 0.377 e. The highest BCUT2D eigenvalue weighted by atomic mass is 32.2. The number of hydrogen-bond donors (Lipinski definition) is 0. The van der Waals surface area contributed by atoms with Gasteiger partial charge in [0.15, 0.2) is 11.6 Å². The van der Waals surface area contributed by atoms with Crippen LogP contribution in [-0.4, -0.2) is 43.8 Å². The quantitative estimate of drug-likeness (QED) is 0.841. The van der Waals surface area contributed by atoms with Crippen molar-refractivity contribution in [2.45, 2.75) is 37.5 Å². The van der Waals surface area contributed by atoms with Gasteiger partial charge in [-0.05, 0) is 49.8 Å². The van der Waals surface area contributed by atoms with Gasteiger partial charge in [0, 0.05) is 19.7 Å². The minimum absolute atomic E-state index is 0.132. The zero-order valence-electron chi connectivity index (χ0n) is 13.0. The second-order valence-electron chi connectivity index (χ2n) is 6.41. The van der Waals surface area contributed by atoms with E-state index in [2.05, 4.69) is 0 Å². The summed E-state index contributed by atoms with van der Waals surface area (Å²) in [5, 5.41) is -0.468. The molecule has 2 aliphatic rings. The molecule has 1 aromatic carbocycles. The highest BCUT2D eigenvalue weighted by Gasteiger charge is 2.42. The number of rotatable bonds is 4. The molecule has 0 saturated carbocycles. The summed E-state index contributed by atoms with van der Waals surface area (Å²) in [4.78, 5) is 0. The van der Waals surface area contributed by atoms with E-state index in [1.807, 2.05) is 0 Å². The minimum atomic E-state index is -3.35. The molecule has 0 aromatic heterocycles. The van der Waals surface area contributed by atoms with Crippen molar-refractivity contribution in [1.29, 1.82) is 0 Å². The van der Waals surface area contributed by atoms with Crippen LogP contribution in [0.5, 0.6) is 0 Å². The maximum absolute atomic E-state index is 13.3. The normalized spacial score (nSPS) is 29.3. The van der Waals surface area contributed by atoms with Crippen LogP contribution in [0, 0.1) is 17.6 Å². The van der Waals surface area contributed by atoms with E-state index in [9.17, 15) is 17.2 Å². The SMILES string of the molecule is CC1OCCC1S(=O)(=O)N1CCC(Cc2ccc(F)c(F)c2)C1.